The van der Waals surface area contributed by atoms with Gasteiger partial charge in [-0.2, -0.15) is 0 Å². The van der Waals surface area contributed by atoms with E-state index in [1.165, 1.54) is 55.2 Å². The number of rotatable bonds is 7. The van der Waals surface area contributed by atoms with E-state index in [9.17, 15) is 4.79 Å². The molecule has 0 radical (unpaired) electrons. The van der Waals surface area contributed by atoms with Crippen molar-refractivity contribution in [3.05, 3.63) is 24.3 Å². The maximum Gasteiger partial charge on any atom is 0.234 e. The molecule has 1 saturated carbocycles. The Morgan fingerprint density at radius 2 is 2.16 bits per heavy atom. The van der Waals surface area contributed by atoms with Gasteiger partial charge in [0.25, 0.3) is 0 Å². The number of thioether (sulfide) groups is 1. The molecule has 0 aliphatic heterocycles. The summed E-state index contributed by atoms with van der Waals surface area (Å²) in [5, 5.41) is 15.5. The summed E-state index contributed by atoms with van der Waals surface area (Å²) in [6, 6.07) is 7.82. The fourth-order valence-corrected chi connectivity index (χ4v) is 4.40. The van der Waals surface area contributed by atoms with Gasteiger partial charge in [-0.15, -0.1) is 10.2 Å². The van der Waals surface area contributed by atoms with E-state index >= 15 is 0 Å². The largest absolute Gasteiger partial charge is 0.497 e. The lowest BCUT2D eigenvalue weighted by molar-refractivity contribution is -0.113. The SMILES string of the molecule is COc1cccc(NC(=O)CSc2nnc(NC3CCCCC3)s2)c1. The molecule has 1 aromatic carbocycles. The smallest absolute Gasteiger partial charge is 0.234 e. The highest BCUT2D eigenvalue weighted by molar-refractivity contribution is 8.01. The number of methoxy groups -OCH3 is 1. The number of hydrogen-bond acceptors (Lipinski definition) is 7. The lowest BCUT2D eigenvalue weighted by atomic mass is 9.96. The number of hydrogen-bond donors (Lipinski definition) is 2. The Balaban J connectivity index is 1.45. The van der Waals surface area contributed by atoms with Gasteiger partial charge in [-0.25, -0.2) is 0 Å². The minimum atomic E-state index is -0.0738. The topological polar surface area (TPSA) is 76.1 Å². The maximum atomic E-state index is 12.1. The fourth-order valence-electron chi connectivity index (χ4n) is 2.77. The molecule has 6 nitrogen and oxygen atoms in total. The molecule has 0 bridgehead atoms. The van der Waals surface area contributed by atoms with Crippen LogP contribution in [0.3, 0.4) is 0 Å². The number of aromatic nitrogens is 2. The zero-order valence-corrected chi connectivity index (χ0v) is 15.8. The van der Waals surface area contributed by atoms with Crippen LogP contribution < -0.4 is 15.4 Å². The molecule has 8 heteroatoms. The first kappa shape index (κ1) is 18.0. The van der Waals surface area contributed by atoms with Crippen molar-refractivity contribution >= 4 is 39.8 Å². The van der Waals surface area contributed by atoms with Crippen LogP contribution in [0.4, 0.5) is 10.8 Å². The van der Waals surface area contributed by atoms with Gasteiger partial charge in [0.2, 0.25) is 11.0 Å². The second-order valence-corrected chi connectivity index (χ2v) is 8.12. The van der Waals surface area contributed by atoms with Crippen LogP contribution in [0, 0.1) is 0 Å². The summed E-state index contributed by atoms with van der Waals surface area (Å²) in [6.45, 7) is 0. The van der Waals surface area contributed by atoms with Crippen LogP contribution in [-0.4, -0.2) is 35.0 Å². The van der Waals surface area contributed by atoms with Gasteiger partial charge < -0.3 is 15.4 Å². The molecule has 1 aromatic heterocycles. The summed E-state index contributed by atoms with van der Waals surface area (Å²) < 4.78 is 5.96. The van der Waals surface area contributed by atoms with Crippen molar-refractivity contribution in [3.8, 4) is 5.75 Å². The quantitative estimate of drug-likeness (QED) is 0.709. The van der Waals surface area contributed by atoms with Crippen LogP contribution in [0.15, 0.2) is 28.6 Å². The van der Waals surface area contributed by atoms with E-state index in [1.54, 1.807) is 13.2 Å². The number of nitrogens with zero attached hydrogens (tertiary/aromatic N) is 2. The molecule has 1 aliphatic carbocycles. The van der Waals surface area contributed by atoms with Gasteiger partial charge >= 0.3 is 0 Å². The van der Waals surface area contributed by atoms with Gasteiger partial charge in [-0.1, -0.05) is 48.4 Å². The average Bonchev–Trinajstić information content (AvgIpc) is 3.08. The molecule has 1 amide bonds. The van der Waals surface area contributed by atoms with Gasteiger partial charge in [0.05, 0.1) is 12.9 Å². The van der Waals surface area contributed by atoms with E-state index in [0.29, 0.717) is 17.5 Å². The first-order valence-corrected chi connectivity index (χ1v) is 10.2. The van der Waals surface area contributed by atoms with Crippen molar-refractivity contribution in [3.63, 3.8) is 0 Å². The third-order valence-electron chi connectivity index (χ3n) is 4.02. The van der Waals surface area contributed by atoms with Crippen molar-refractivity contribution in [1.29, 1.82) is 0 Å². The lowest BCUT2D eigenvalue weighted by Crippen LogP contribution is -2.21. The van der Waals surface area contributed by atoms with Gasteiger partial charge in [0.15, 0.2) is 4.34 Å². The Morgan fingerprint density at radius 3 is 2.96 bits per heavy atom. The highest BCUT2D eigenvalue weighted by atomic mass is 32.2. The number of ether oxygens (including phenoxy) is 1. The zero-order chi connectivity index (χ0) is 17.5. The van der Waals surface area contributed by atoms with E-state index in [-0.39, 0.29) is 5.91 Å². The van der Waals surface area contributed by atoms with Crippen LogP contribution in [0.1, 0.15) is 32.1 Å². The summed E-state index contributed by atoms with van der Waals surface area (Å²) in [5.41, 5.74) is 0.724. The predicted molar refractivity (Wildman–Crippen MR) is 103 cm³/mol. The average molecular weight is 379 g/mol. The molecule has 2 aromatic rings. The summed E-state index contributed by atoms with van der Waals surface area (Å²) >= 11 is 2.91. The summed E-state index contributed by atoms with van der Waals surface area (Å²) in [6.07, 6.45) is 6.29. The predicted octanol–water partition coefficient (Wildman–Crippen LogP) is 4.02. The number of carbonyl (C=O) groups is 1. The first-order chi connectivity index (χ1) is 12.2. The minimum Gasteiger partial charge on any atom is -0.497 e. The van der Waals surface area contributed by atoms with E-state index in [4.69, 9.17) is 4.74 Å². The summed E-state index contributed by atoms with van der Waals surface area (Å²) in [4.78, 5) is 12.1. The van der Waals surface area contributed by atoms with Gasteiger partial charge in [-0.05, 0) is 25.0 Å². The van der Waals surface area contributed by atoms with Crippen LogP contribution in [0.2, 0.25) is 0 Å². The normalized spacial score (nSPS) is 14.9. The number of nitrogens with one attached hydrogen (secondary N) is 2. The van der Waals surface area contributed by atoms with Gasteiger partial charge in [0.1, 0.15) is 5.75 Å². The monoisotopic (exact) mass is 378 g/mol. The standard InChI is InChI=1S/C17H22N4O2S2/c1-23-14-9-5-8-13(10-14)18-15(22)11-24-17-21-20-16(25-17)19-12-6-3-2-4-7-12/h5,8-10,12H,2-4,6-7,11H2,1H3,(H,18,22)(H,19,20). The number of carbonyl (C=O) groups excluding carboxylic acids is 1. The number of benzene rings is 1. The molecular weight excluding hydrogens is 356 g/mol. The van der Waals surface area contributed by atoms with E-state index in [0.717, 1.165) is 15.2 Å². The molecule has 134 valence electrons. The molecular formula is C17H22N4O2S2. The second kappa shape index (κ2) is 9.05. The Kier molecular flexibility index (Phi) is 6.52. The maximum absolute atomic E-state index is 12.1. The van der Waals surface area contributed by atoms with Crippen LogP contribution in [0.25, 0.3) is 0 Å². The molecule has 0 saturated heterocycles. The first-order valence-electron chi connectivity index (χ1n) is 8.39. The molecule has 0 spiro atoms. The zero-order valence-electron chi connectivity index (χ0n) is 14.2. The highest BCUT2D eigenvalue weighted by Gasteiger charge is 2.15. The van der Waals surface area contributed by atoms with Gasteiger partial charge in [-0.3, -0.25) is 4.79 Å². The van der Waals surface area contributed by atoms with Crippen LogP contribution in [0.5, 0.6) is 5.75 Å². The molecule has 25 heavy (non-hydrogen) atoms. The summed E-state index contributed by atoms with van der Waals surface area (Å²) in [7, 11) is 1.60. The fraction of sp³-hybridized carbons (Fsp3) is 0.471. The molecule has 3 rings (SSSR count). The molecule has 1 fully saturated rings. The molecule has 1 aliphatic rings. The van der Waals surface area contributed by atoms with Crippen molar-refractivity contribution in [2.75, 3.05) is 23.5 Å². The Bertz CT molecular complexity index is 701. The molecule has 0 atom stereocenters. The van der Waals surface area contributed by atoms with Crippen molar-refractivity contribution < 1.29 is 9.53 Å². The molecule has 1 heterocycles. The Morgan fingerprint density at radius 1 is 1.32 bits per heavy atom. The molecule has 0 unspecified atom stereocenters. The summed E-state index contributed by atoms with van der Waals surface area (Å²) in [5.74, 6) is 0.943. The van der Waals surface area contributed by atoms with Crippen molar-refractivity contribution in [2.45, 2.75) is 42.5 Å². The number of amides is 1. The van der Waals surface area contributed by atoms with Crippen LogP contribution >= 0.6 is 23.1 Å². The van der Waals surface area contributed by atoms with E-state index in [1.807, 2.05) is 18.2 Å². The minimum absolute atomic E-state index is 0.0738. The Hall–Kier alpha value is -1.80. The third kappa shape index (κ3) is 5.61. The van der Waals surface area contributed by atoms with Crippen molar-refractivity contribution in [2.24, 2.45) is 0 Å². The lowest BCUT2D eigenvalue weighted by Gasteiger charge is -2.21. The molecule has 2 N–H and O–H groups in total. The van der Waals surface area contributed by atoms with Gasteiger partial charge in [0, 0.05) is 17.8 Å². The second-order valence-electron chi connectivity index (χ2n) is 5.92. The van der Waals surface area contributed by atoms with Crippen molar-refractivity contribution in [1.82, 2.24) is 10.2 Å². The third-order valence-corrected chi connectivity index (χ3v) is 6.01. The van der Waals surface area contributed by atoms with E-state index in [2.05, 4.69) is 20.8 Å². The highest BCUT2D eigenvalue weighted by Crippen LogP contribution is 2.28. The van der Waals surface area contributed by atoms with E-state index < -0.39 is 0 Å². The Labute approximate surface area is 155 Å². The number of anilines is 2. The van der Waals surface area contributed by atoms with Crippen LogP contribution in [-0.2, 0) is 4.79 Å².